The van der Waals surface area contributed by atoms with Crippen LogP contribution in [0.5, 0.6) is 0 Å². The summed E-state index contributed by atoms with van der Waals surface area (Å²) in [6.07, 6.45) is 7.37. The van der Waals surface area contributed by atoms with E-state index < -0.39 is 0 Å². The van der Waals surface area contributed by atoms with E-state index in [4.69, 9.17) is 4.74 Å². The minimum atomic E-state index is 0.520. The SMILES string of the molecule is CCOCCCNC(=NCc1nnc(C)n1C)NCCCCCCC(C)C. The van der Waals surface area contributed by atoms with E-state index in [1.807, 2.05) is 25.5 Å². The fourth-order valence-corrected chi connectivity index (χ4v) is 2.68. The maximum Gasteiger partial charge on any atom is 0.191 e. The minimum absolute atomic E-state index is 0.520. The molecule has 7 heteroatoms. The highest BCUT2D eigenvalue weighted by atomic mass is 16.5. The third-order valence-corrected chi connectivity index (χ3v) is 4.52. The zero-order chi connectivity index (χ0) is 19.9. The molecule has 0 fully saturated rings. The van der Waals surface area contributed by atoms with Gasteiger partial charge in [-0.15, -0.1) is 10.2 Å². The lowest BCUT2D eigenvalue weighted by Gasteiger charge is -2.13. The molecule has 0 spiro atoms. The minimum Gasteiger partial charge on any atom is -0.382 e. The Hall–Kier alpha value is -1.63. The van der Waals surface area contributed by atoms with Gasteiger partial charge in [0.2, 0.25) is 0 Å². The molecule has 1 aromatic rings. The fourth-order valence-electron chi connectivity index (χ4n) is 2.68. The molecule has 1 heterocycles. The third kappa shape index (κ3) is 11.0. The van der Waals surface area contributed by atoms with Gasteiger partial charge in [0.05, 0.1) is 0 Å². The topological polar surface area (TPSA) is 76.4 Å². The largest absolute Gasteiger partial charge is 0.382 e. The van der Waals surface area contributed by atoms with Gasteiger partial charge in [-0.05, 0) is 32.6 Å². The van der Waals surface area contributed by atoms with Gasteiger partial charge in [0.15, 0.2) is 11.8 Å². The van der Waals surface area contributed by atoms with Crippen molar-refractivity contribution in [1.82, 2.24) is 25.4 Å². The van der Waals surface area contributed by atoms with Crippen molar-refractivity contribution in [2.24, 2.45) is 18.0 Å². The summed E-state index contributed by atoms with van der Waals surface area (Å²) in [6, 6.07) is 0. The molecule has 0 atom stereocenters. The molecule has 0 saturated heterocycles. The molecule has 0 unspecified atom stereocenters. The van der Waals surface area contributed by atoms with Crippen LogP contribution in [-0.2, 0) is 18.3 Å². The zero-order valence-corrected chi connectivity index (χ0v) is 18.1. The second-order valence-corrected chi connectivity index (χ2v) is 7.39. The van der Waals surface area contributed by atoms with Gasteiger partial charge >= 0.3 is 0 Å². The van der Waals surface area contributed by atoms with Gasteiger partial charge in [-0.3, -0.25) is 0 Å². The molecule has 27 heavy (non-hydrogen) atoms. The number of aryl methyl sites for hydroxylation is 1. The number of nitrogens with one attached hydrogen (secondary N) is 2. The quantitative estimate of drug-likeness (QED) is 0.294. The van der Waals surface area contributed by atoms with Crippen LogP contribution in [0.25, 0.3) is 0 Å². The lowest BCUT2D eigenvalue weighted by atomic mass is 10.0. The second kappa shape index (κ2) is 14.4. The van der Waals surface area contributed by atoms with Crippen LogP contribution >= 0.6 is 0 Å². The van der Waals surface area contributed by atoms with Gasteiger partial charge < -0.3 is 19.9 Å². The van der Waals surface area contributed by atoms with Gasteiger partial charge in [-0.2, -0.15) is 0 Å². The summed E-state index contributed by atoms with van der Waals surface area (Å²) >= 11 is 0. The maximum atomic E-state index is 5.39. The Bertz CT molecular complexity index is 527. The molecule has 0 aliphatic heterocycles. The normalized spacial score (nSPS) is 12.0. The molecular formula is C20H40N6O. The number of unbranched alkanes of at least 4 members (excludes halogenated alkanes) is 3. The standard InChI is InChI=1S/C20H40N6O/c1-6-27-15-11-14-22-20(21-13-10-8-7-9-12-17(2)3)23-16-19-25-24-18(4)26(19)5/h17H,6-16H2,1-5H3,(H2,21,22,23). The van der Waals surface area contributed by atoms with Crippen molar-refractivity contribution < 1.29 is 4.74 Å². The van der Waals surface area contributed by atoms with E-state index in [9.17, 15) is 0 Å². The number of aromatic nitrogens is 3. The highest BCUT2D eigenvalue weighted by molar-refractivity contribution is 5.79. The van der Waals surface area contributed by atoms with Crippen LogP contribution in [-0.4, -0.2) is 47.0 Å². The van der Waals surface area contributed by atoms with E-state index in [1.54, 1.807) is 0 Å². The van der Waals surface area contributed by atoms with Crippen LogP contribution in [0.1, 0.15) is 70.9 Å². The number of ether oxygens (including phenoxy) is 1. The Balaban J connectivity index is 2.37. The summed E-state index contributed by atoms with van der Waals surface area (Å²) < 4.78 is 7.37. The van der Waals surface area contributed by atoms with Gasteiger partial charge in [0.25, 0.3) is 0 Å². The Morgan fingerprint density at radius 2 is 1.78 bits per heavy atom. The average molecular weight is 381 g/mol. The molecule has 0 aliphatic rings. The van der Waals surface area contributed by atoms with Crippen LogP contribution in [0, 0.1) is 12.8 Å². The van der Waals surface area contributed by atoms with Crippen molar-refractivity contribution in [3.05, 3.63) is 11.6 Å². The second-order valence-electron chi connectivity index (χ2n) is 7.39. The number of rotatable bonds is 14. The molecular weight excluding hydrogens is 340 g/mol. The molecule has 7 nitrogen and oxygen atoms in total. The van der Waals surface area contributed by atoms with Crippen molar-refractivity contribution in [1.29, 1.82) is 0 Å². The first-order valence-electron chi connectivity index (χ1n) is 10.5. The molecule has 0 aromatic carbocycles. The first kappa shape index (κ1) is 23.4. The fraction of sp³-hybridized carbons (Fsp3) is 0.850. The maximum absolute atomic E-state index is 5.39. The predicted octanol–water partition coefficient (Wildman–Crippen LogP) is 3.19. The Labute approximate surface area is 165 Å². The van der Waals surface area contributed by atoms with Crippen molar-refractivity contribution in [2.75, 3.05) is 26.3 Å². The van der Waals surface area contributed by atoms with Crippen LogP contribution in [0.15, 0.2) is 4.99 Å². The smallest absolute Gasteiger partial charge is 0.191 e. The lowest BCUT2D eigenvalue weighted by molar-refractivity contribution is 0.145. The van der Waals surface area contributed by atoms with E-state index >= 15 is 0 Å². The van der Waals surface area contributed by atoms with Crippen molar-refractivity contribution in [3.63, 3.8) is 0 Å². The highest BCUT2D eigenvalue weighted by Crippen LogP contribution is 2.09. The molecule has 0 saturated carbocycles. The van der Waals surface area contributed by atoms with Crippen LogP contribution in [0.2, 0.25) is 0 Å². The monoisotopic (exact) mass is 380 g/mol. The molecule has 0 amide bonds. The molecule has 0 bridgehead atoms. The summed E-state index contributed by atoms with van der Waals surface area (Å²) in [5.74, 6) is 3.43. The Morgan fingerprint density at radius 1 is 1.07 bits per heavy atom. The van der Waals surface area contributed by atoms with Crippen molar-refractivity contribution in [2.45, 2.75) is 72.8 Å². The summed E-state index contributed by atoms with van der Waals surface area (Å²) in [5, 5.41) is 15.1. The third-order valence-electron chi connectivity index (χ3n) is 4.52. The van der Waals surface area contributed by atoms with Gasteiger partial charge in [0, 0.05) is 33.4 Å². The average Bonchev–Trinajstić information content (AvgIpc) is 2.96. The lowest BCUT2D eigenvalue weighted by Crippen LogP contribution is -2.38. The summed E-state index contributed by atoms with van der Waals surface area (Å²) in [6.45, 7) is 12.4. The number of guanidine groups is 1. The number of hydrogen-bond acceptors (Lipinski definition) is 4. The first-order chi connectivity index (χ1) is 13.0. The molecule has 1 aromatic heterocycles. The summed E-state index contributed by atoms with van der Waals surface area (Å²) in [4.78, 5) is 4.67. The highest BCUT2D eigenvalue weighted by Gasteiger charge is 2.05. The number of aliphatic imine (C=N–C) groups is 1. The molecule has 0 radical (unpaired) electrons. The van der Waals surface area contributed by atoms with E-state index in [2.05, 4.69) is 39.7 Å². The van der Waals surface area contributed by atoms with Crippen molar-refractivity contribution in [3.8, 4) is 0 Å². The number of nitrogens with zero attached hydrogens (tertiary/aromatic N) is 4. The van der Waals surface area contributed by atoms with Gasteiger partial charge in [-0.25, -0.2) is 4.99 Å². The summed E-state index contributed by atoms with van der Waals surface area (Å²) in [7, 11) is 1.97. The number of hydrogen-bond donors (Lipinski definition) is 2. The Kier molecular flexibility index (Phi) is 12.5. The van der Waals surface area contributed by atoms with Gasteiger partial charge in [-0.1, -0.05) is 39.5 Å². The summed E-state index contributed by atoms with van der Waals surface area (Å²) in [5.41, 5.74) is 0. The predicted molar refractivity (Wildman–Crippen MR) is 112 cm³/mol. The van der Waals surface area contributed by atoms with Crippen LogP contribution in [0.4, 0.5) is 0 Å². The molecule has 2 N–H and O–H groups in total. The first-order valence-corrected chi connectivity index (χ1v) is 10.5. The molecule has 0 aliphatic carbocycles. The van der Waals surface area contributed by atoms with Gasteiger partial charge in [0.1, 0.15) is 12.4 Å². The Morgan fingerprint density at radius 3 is 2.41 bits per heavy atom. The van der Waals surface area contributed by atoms with E-state index in [-0.39, 0.29) is 0 Å². The van der Waals surface area contributed by atoms with E-state index in [0.29, 0.717) is 6.54 Å². The van der Waals surface area contributed by atoms with E-state index in [1.165, 1.54) is 32.1 Å². The van der Waals surface area contributed by atoms with E-state index in [0.717, 1.165) is 56.3 Å². The zero-order valence-electron chi connectivity index (χ0n) is 18.1. The molecule has 1 rings (SSSR count). The molecule has 156 valence electrons. The van der Waals surface area contributed by atoms with Crippen LogP contribution < -0.4 is 10.6 Å². The van der Waals surface area contributed by atoms with Crippen LogP contribution in [0.3, 0.4) is 0 Å². The van der Waals surface area contributed by atoms with Crippen molar-refractivity contribution >= 4 is 5.96 Å².